The molecule has 0 aliphatic carbocycles. The van der Waals surface area contributed by atoms with Gasteiger partial charge in [0.05, 0.1) is 23.8 Å². The third-order valence-electron chi connectivity index (χ3n) is 5.54. The Kier molecular flexibility index (Phi) is 4.28. The maximum absolute atomic E-state index is 4.50. The van der Waals surface area contributed by atoms with Crippen molar-refractivity contribution in [2.24, 2.45) is 0 Å². The van der Waals surface area contributed by atoms with Crippen molar-refractivity contribution in [3.05, 3.63) is 79.2 Å². The summed E-state index contributed by atoms with van der Waals surface area (Å²) >= 11 is 0. The number of fused-ring (bicyclic) bond motifs is 2. The van der Waals surface area contributed by atoms with Crippen LogP contribution in [0.3, 0.4) is 0 Å². The van der Waals surface area contributed by atoms with E-state index in [1.165, 1.54) is 21.5 Å². The quantitative estimate of drug-likeness (QED) is 0.326. The minimum absolute atomic E-state index is 0.388. The lowest BCUT2D eigenvalue weighted by atomic mass is 9.99. The summed E-state index contributed by atoms with van der Waals surface area (Å²) in [6.07, 6.45) is 3.79. The largest absolute Gasteiger partial charge is 0.342 e. The molecular formula is C26H24N4. The molecule has 148 valence electrons. The molecule has 0 saturated heterocycles. The van der Waals surface area contributed by atoms with Gasteiger partial charge in [-0.05, 0) is 58.3 Å². The van der Waals surface area contributed by atoms with Crippen molar-refractivity contribution in [3.8, 4) is 22.5 Å². The van der Waals surface area contributed by atoms with Gasteiger partial charge in [0.2, 0.25) is 0 Å². The van der Waals surface area contributed by atoms with Crippen LogP contribution in [-0.2, 0) is 0 Å². The van der Waals surface area contributed by atoms with E-state index in [-0.39, 0.29) is 0 Å². The number of nitrogens with one attached hydrogen (secondary N) is 2. The maximum atomic E-state index is 4.50. The Hall–Kier alpha value is -3.66. The van der Waals surface area contributed by atoms with Crippen molar-refractivity contribution in [1.29, 1.82) is 0 Å². The average Bonchev–Trinajstić information content (AvgIpc) is 3.41. The predicted octanol–water partition coefficient (Wildman–Crippen LogP) is 6.93. The number of hydrogen-bond acceptors (Lipinski definition) is 2. The molecule has 0 amide bonds. The Labute approximate surface area is 175 Å². The average molecular weight is 393 g/mol. The van der Waals surface area contributed by atoms with Gasteiger partial charge in [0, 0.05) is 17.0 Å². The minimum Gasteiger partial charge on any atom is -0.342 e. The van der Waals surface area contributed by atoms with Crippen LogP contribution in [0.2, 0.25) is 0 Å². The van der Waals surface area contributed by atoms with Gasteiger partial charge in [0.15, 0.2) is 0 Å². The molecular weight excluding hydrogens is 368 g/mol. The van der Waals surface area contributed by atoms with E-state index in [1.807, 2.05) is 19.3 Å². The fraction of sp³-hybridized carbons (Fsp3) is 0.154. The van der Waals surface area contributed by atoms with Crippen LogP contribution in [-0.4, -0.2) is 19.9 Å². The standard InChI is InChI=1S/C26H24N4/c1-15(2)25-27-13-23(29-25)19-7-5-17-10-22-12-20(8-6-18(22)9-21(17)11-19)24-14-28-26(30-24)16(3)4/h5-14,16H,1H2,2-4H3,(H,27,29)(H,28,30). The van der Waals surface area contributed by atoms with E-state index >= 15 is 0 Å². The van der Waals surface area contributed by atoms with E-state index in [1.54, 1.807) is 0 Å². The first-order valence-corrected chi connectivity index (χ1v) is 10.2. The molecule has 0 saturated carbocycles. The summed E-state index contributed by atoms with van der Waals surface area (Å²) in [5.74, 6) is 2.24. The molecule has 2 heterocycles. The number of hydrogen-bond donors (Lipinski definition) is 2. The smallest absolute Gasteiger partial charge is 0.132 e. The summed E-state index contributed by atoms with van der Waals surface area (Å²) in [6, 6.07) is 17.6. The summed E-state index contributed by atoms with van der Waals surface area (Å²) in [6.45, 7) is 10.2. The monoisotopic (exact) mass is 392 g/mol. The van der Waals surface area contributed by atoms with Gasteiger partial charge in [0.25, 0.3) is 0 Å². The second-order valence-corrected chi connectivity index (χ2v) is 8.24. The molecule has 0 spiro atoms. The number of rotatable bonds is 4. The number of imidazole rings is 2. The van der Waals surface area contributed by atoms with Crippen LogP contribution in [0.15, 0.2) is 67.5 Å². The number of benzene rings is 3. The van der Waals surface area contributed by atoms with E-state index in [2.05, 4.69) is 88.9 Å². The van der Waals surface area contributed by atoms with Crippen molar-refractivity contribution in [2.45, 2.75) is 26.7 Å². The number of aromatic amines is 2. The SMILES string of the molecule is C=C(C)c1ncc(-c2ccc3cc4cc(-c5cnc(C(C)C)[nH]5)ccc4cc3c2)[nH]1. The van der Waals surface area contributed by atoms with Crippen LogP contribution in [0, 0.1) is 0 Å². The lowest BCUT2D eigenvalue weighted by Gasteiger charge is -2.07. The van der Waals surface area contributed by atoms with E-state index in [4.69, 9.17) is 0 Å². The topological polar surface area (TPSA) is 57.4 Å². The Bertz CT molecular complexity index is 1400. The summed E-state index contributed by atoms with van der Waals surface area (Å²) in [5.41, 5.74) is 5.27. The van der Waals surface area contributed by atoms with Gasteiger partial charge in [-0.3, -0.25) is 0 Å². The van der Waals surface area contributed by atoms with Gasteiger partial charge in [-0.25, -0.2) is 9.97 Å². The van der Waals surface area contributed by atoms with Gasteiger partial charge < -0.3 is 9.97 Å². The fourth-order valence-corrected chi connectivity index (χ4v) is 3.79. The normalized spacial score (nSPS) is 11.6. The lowest BCUT2D eigenvalue weighted by Crippen LogP contribution is -1.89. The van der Waals surface area contributed by atoms with Crippen molar-refractivity contribution < 1.29 is 0 Å². The fourth-order valence-electron chi connectivity index (χ4n) is 3.79. The van der Waals surface area contributed by atoms with Gasteiger partial charge in [-0.15, -0.1) is 0 Å². The molecule has 0 atom stereocenters. The zero-order valence-corrected chi connectivity index (χ0v) is 17.5. The molecule has 0 bridgehead atoms. The van der Waals surface area contributed by atoms with Gasteiger partial charge in [-0.2, -0.15) is 0 Å². The first kappa shape index (κ1) is 18.4. The highest BCUT2D eigenvalue weighted by molar-refractivity contribution is 6.00. The number of H-pyrrole nitrogens is 2. The van der Waals surface area contributed by atoms with Crippen molar-refractivity contribution in [3.63, 3.8) is 0 Å². The minimum atomic E-state index is 0.388. The van der Waals surface area contributed by atoms with Gasteiger partial charge in [-0.1, -0.05) is 44.7 Å². The predicted molar refractivity (Wildman–Crippen MR) is 125 cm³/mol. The van der Waals surface area contributed by atoms with Crippen LogP contribution in [0.4, 0.5) is 0 Å². The third-order valence-corrected chi connectivity index (χ3v) is 5.54. The zero-order chi connectivity index (χ0) is 20.8. The summed E-state index contributed by atoms with van der Waals surface area (Å²) in [5, 5.41) is 4.87. The number of allylic oxidation sites excluding steroid dienone is 1. The van der Waals surface area contributed by atoms with Gasteiger partial charge in [0.1, 0.15) is 11.6 Å². The summed E-state index contributed by atoms with van der Waals surface area (Å²) in [4.78, 5) is 15.7. The highest BCUT2D eigenvalue weighted by atomic mass is 14.9. The van der Waals surface area contributed by atoms with Crippen LogP contribution < -0.4 is 0 Å². The van der Waals surface area contributed by atoms with E-state index in [0.717, 1.165) is 39.7 Å². The molecule has 0 aliphatic heterocycles. The first-order chi connectivity index (χ1) is 14.5. The molecule has 2 aromatic heterocycles. The highest BCUT2D eigenvalue weighted by Gasteiger charge is 2.09. The summed E-state index contributed by atoms with van der Waals surface area (Å²) < 4.78 is 0. The van der Waals surface area contributed by atoms with Crippen LogP contribution in [0.1, 0.15) is 38.3 Å². The molecule has 0 aliphatic rings. The first-order valence-electron chi connectivity index (χ1n) is 10.2. The Morgan fingerprint density at radius 1 is 0.767 bits per heavy atom. The molecule has 4 heteroatoms. The molecule has 30 heavy (non-hydrogen) atoms. The van der Waals surface area contributed by atoms with Gasteiger partial charge >= 0.3 is 0 Å². The molecule has 4 nitrogen and oxygen atoms in total. The molecule has 5 aromatic rings. The van der Waals surface area contributed by atoms with Crippen molar-refractivity contribution >= 4 is 27.1 Å². The number of aromatic nitrogens is 4. The highest BCUT2D eigenvalue weighted by Crippen LogP contribution is 2.30. The van der Waals surface area contributed by atoms with Crippen molar-refractivity contribution in [2.75, 3.05) is 0 Å². The van der Waals surface area contributed by atoms with Crippen LogP contribution in [0.25, 0.3) is 49.6 Å². The molecule has 2 N–H and O–H groups in total. The third kappa shape index (κ3) is 3.20. The molecule has 5 rings (SSSR count). The zero-order valence-electron chi connectivity index (χ0n) is 17.5. The molecule has 0 fully saturated rings. The van der Waals surface area contributed by atoms with Crippen LogP contribution in [0.5, 0.6) is 0 Å². The lowest BCUT2D eigenvalue weighted by molar-refractivity contribution is 0.795. The maximum Gasteiger partial charge on any atom is 0.132 e. The van der Waals surface area contributed by atoms with E-state index in [9.17, 15) is 0 Å². The molecule has 0 radical (unpaired) electrons. The Morgan fingerprint density at radius 3 is 1.83 bits per heavy atom. The Balaban J connectivity index is 1.56. The van der Waals surface area contributed by atoms with E-state index in [0.29, 0.717) is 5.92 Å². The van der Waals surface area contributed by atoms with E-state index < -0.39 is 0 Å². The van der Waals surface area contributed by atoms with Crippen molar-refractivity contribution in [1.82, 2.24) is 19.9 Å². The second kappa shape index (κ2) is 6.99. The Morgan fingerprint density at radius 2 is 1.33 bits per heavy atom. The molecule has 3 aromatic carbocycles. The molecule has 0 unspecified atom stereocenters. The summed E-state index contributed by atoms with van der Waals surface area (Å²) in [7, 11) is 0. The second-order valence-electron chi connectivity index (χ2n) is 8.24. The number of nitrogens with zero attached hydrogens (tertiary/aromatic N) is 2. The van der Waals surface area contributed by atoms with Crippen LogP contribution >= 0.6 is 0 Å².